The second-order valence-electron chi connectivity index (χ2n) is 9.21. The minimum atomic E-state index is -0.573. The van der Waals surface area contributed by atoms with Gasteiger partial charge in [-0.25, -0.2) is 4.68 Å². The second-order valence-corrected chi connectivity index (χ2v) is 10.5. The molecule has 0 saturated carbocycles. The molecule has 4 aromatic rings. The highest BCUT2D eigenvalue weighted by molar-refractivity contribution is 9.10. The number of hydrogen-bond acceptors (Lipinski definition) is 6. The lowest BCUT2D eigenvalue weighted by atomic mass is 9.94. The van der Waals surface area contributed by atoms with Gasteiger partial charge in [0.1, 0.15) is 19.0 Å². The number of methoxy groups -OCH3 is 1. The van der Waals surface area contributed by atoms with Crippen molar-refractivity contribution in [3.8, 4) is 11.5 Å². The fraction of sp³-hybridized carbons (Fsp3) is 0.207. The van der Waals surface area contributed by atoms with E-state index in [2.05, 4.69) is 36.6 Å². The molecule has 1 amide bonds. The van der Waals surface area contributed by atoms with Gasteiger partial charge in [0.25, 0.3) is 5.91 Å². The molecule has 1 atom stereocenters. The Morgan fingerprint density at radius 1 is 1.15 bits per heavy atom. The van der Waals surface area contributed by atoms with Gasteiger partial charge < -0.3 is 20.1 Å². The molecule has 1 aliphatic heterocycles. The number of anilines is 2. The molecule has 0 radical (unpaired) electrons. The van der Waals surface area contributed by atoms with Crippen LogP contribution in [-0.4, -0.2) is 27.8 Å². The Hall–Kier alpha value is -3.82. The summed E-state index contributed by atoms with van der Waals surface area (Å²) in [5.41, 5.74) is 5.66. The third-order valence-corrected chi connectivity index (χ3v) is 7.75. The van der Waals surface area contributed by atoms with Crippen LogP contribution in [0.25, 0.3) is 0 Å². The highest BCUT2D eigenvalue weighted by Gasteiger charge is 2.34. The van der Waals surface area contributed by atoms with Crippen molar-refractivity contribution in [1.82, 2.24) is 14.8 Å². The molecule has 1 aliphatic rings. The number of nitrogens with one attached hydrogen (secondary N) is 2. The number of nitrogens with zero attached hydrogens (tertiary/aromatic N) is 3. The van der Waals surface area contributed by atoms with Crippen molar-refractivity contribution in [2.24, 2.45) is 0 Å². The first-order valence-electron chi connectivity index (χ1n) is 12.3. The maximum absolute atomic E-state index is 13.8. The van der Waals surface area contributed by atoms with Crippen LogP contribution in [0.5, 0.6) is 11.5 Å². The third-order valence-electron chi connectivity index (χ3n) is 6.79. The number of hydrogen-bond donors (Lipinski definition) is 2. The first-order valence-corrected chi connectivity index (χ1v) is 13.4. The van der Waals surface area contributed by atoms with Crippen molar-refractivity contribution in [1.29, 1.82) is 0 Å². The van der Waals surface area contributed by atoms with Crippen molar-refractivity contribution >= 4 is 45.1 Å². The number of halogens is 2. The van der Waals surface area contributed by atoms with Crippen molar-refractivity contribution in [3.63, 3.8) is 0 Å². The van der Waals surface area contributed by atoms with Gasteiger partial charge in [-0.15, -0.1) is 0 Å². The van der Waals surface area contributed by atoms with E-state index < -0.39 is 6.04 Å². The van der Waals surface area contributed by atoms with Gasteiger partial charge in [0.05, 0.1) is 17.2 Å². The van der Waals surface area contributed by atoms with E-state index in [1.807, 2.05) is 75.4 Å². The van der Waals surface area contributed by atoms with E-state index in [1.165, 1.54) is 6.33 Å². The maximum Gasteiger partial charge on any atom is 0.255 e. The largest absolute Gasteiger partial charge is 0.493 e. The molecule has 8 nitrogen and oxygen atoms in total. The first kappa shape index (κ1) is 26.8. The molecule has 39 heavy (non-hydrogen) atoms. The summed E-state index contributed by atoms with van der Waals surface area (Å²) in [7, 11) is 1.58. The van der Waals surface area contributed by atoms with Gasteiger partial charge in [-0.3, -0.25) is 4.79 Å². The Labute approximate surface area is 240 Å². The number of allylic oxidation sites excluding steroid dienone is 1. The van der Waals surface area contributed by atoms with Gasteiger partial charge >= 0.3 is 0 Å². The van der Waals surface area contributed by atoms with E-state index in [1.54, 1.807) is 11.8 Å². The molecular formula is C29H27BrClN5O3. The Bertz CT molecular complexity index is 1600. The van der Waals surface area contributed by atoms with E-state index in [0.29, 0.717) is 38.2 Å². The topological polar surface area (TPSA) is 90.3 Å². The van der Waals surface area contributed by atoms with Crippen LogP contribution in [0, 0.1) is 13.8 Å². The quantitative estimate of drug-likeness (QED) is 0.239. The number of carbonyl (C=O) groups excluding carboxylic acids is 1. The third kappa shape index (κ3) is 5.24. The van der Waals surface area contributed by atoms with Crippen LogP contribution in [0.4, 0.5) is 11.6 Å². The molecule has 2 N–H and O–H groups in total. The van der Waals surface area contributed by atoms with Crippen LogP contribution in [0.3, 0.4) is 0 Å². The van der Waals surface area contributed by atoms with Crippen LogP contribution in [-0.2, 0) is 11.4 Å². The smallest absolute Gasteiger partial charge is 0.255 e. The van der Waals surface area contributed by atoms with Gasteiger partial charge in [0.15, 0.2) is 11.5 Å². The first-order chi connectivity index (χ1) is 18.8. The fourth-order valence-electron chi connectivity index (χ4n) is 4.57. The summed E-state index contributed by atoms with van der Waals surface area (Å²) in [6.07, 6.45) is 1.46. The van der Waals surface area contributed by atoms with Gasteiger partial charge in [0, 0.05) is 22.0 Å². The Morgan fingerprint density at radius 3 is 2.72 bits per heavy atom. The number of benzene rings is 3. The number of aryl methyl sites for hydroxylation is 1. The standard InChI is InChI=1S/C29H27BrClN5O3/c1-16-8-7-11-23(17(16)2)35-28(37)25-18(3)34-29-32-15-33-36(29)26(25)20-12-21(30)27(24(13-20)38-4)39-14-19-9-5-6-10-22(19)31/h5-13,15,26H,14H2,1-4H3,(H,35,37)(H,32,33,34). The average molecular weight is 609 g/mol. The molecule has 0 spiro atoms. The normalized spacial score (nSPS) is 14.5. The summed E-state index contributed by atoms with van der Waals surface area (Å²) in [5, 5.41) is 11.4. The summed E-state index contributed by atoms with van der Waals surface area (Å²) in [4.78, 5) is 18.1. The molecule has 0 saturated heterocycles. The molecule has 0 aliphatic carbocycles. The molecular weight excluding hydrogens is 582 g/mol. The van der Waals surface area contributed by atoms with E-state index in [-0.39, 0.29) is 12.5 Å². The van der Waals surface area contributed by atoms with E-state index in [0.717, 1.165) is 27.9 Å². The zero-order chi connectivity index (χ0) is 27.7. The zero-order valence-electron chi connectivity index (χ0n) is 21.9. The SMILES string of the molecule is COc1cc(C2C(C(=O)Nc3cccc(C)c3C)=C(C)Nc3ncnn32)cc(Br)c1OCc1ccccc1Cl. The molecule has 0 fully saturated rings. The van der Waals surface area contributed by atoms with Crippen LogP contribution in [0.15, 0.2) is 76.7 Å². The van der Waals surface area contributed by atoms with Gasteiger partial charge in [-0.2, -0.15) is 10.1 Å². The van der Waals surface area contributed by atoms with Gasteiger partial charge in [-0.1, -0.05) is 41.9 Å². The van der Waals surface area contributed by atoms with Crippen LogP contribution < -0.4 is 20.1 Å². The molecule has 2 heterocycles. The molecule has 200 valence electrons. The maximum atomic E-state index is 13.8. The molecule has 0 bridgehead atoms. The molecule has 5 rings (SSSR count). The molecule has 3 aromatic carbocycles. The molecule has 1 aromatic heterocycles. The number of ether oxygens (including phenoxy) is 2. The monoisotopic (exact) mass is 607 g/mol. The van der Waals surface area contributed by atoms with Crippen molar-refractivity contribution in [2.45, 2.75) is 33.4 Å². The van der Waals surface area contributed by atoms with Crippen molar-refractivity contribution < 1.29 is 14.3 Å². The number of amides is 1. The van der Waals surface area contributed by atoms with E-state index in [9.17, 15) is 4.79 Å². The second kappa shape index (κ2) is 11.1. The Morgan fingerprint density at radius 2 is 1.95 bits per heavy atom. The minimum absolute atomic E-state index is 0.242. The minimum Gasteiger partial charge on any atom is -0.493 e. The fourth-order valence-corrected chi connectivity index (χ4v) is 5.34. The lowest BCUT2D eigenvalue weighted by Gasteiger charge is -2.29. The number of rotatable bonds is 7. The van der Waals surface area contributed by atoms with Crippen LogP contribution >= 0.6 is 27.5 Å². The van der Waals surface area contributed by atoms with Crippen LogP contribution in [0.2, 0.25) is 5.02 Å². The summed E-state index contributed by atoms with van der Waals surface area (Å²) in [6.45, 7) is 6.12. The Balaban J connectivity index is 1.53. The molecule has 10 heteroatoms. The molecule has 1 unspecified atom stereocenters. The Kier molecular flexibility index (Phi) is 7.63. The predicted octanol–water partition coefficient (Wildman–Crippen LogP) is 6.83. The van der Waals surface area contributed by atoms with Crippen molar-refractivity contribution in [2.75, 3.05) is 17.7 Å². The number of fused-ring (bicyclic) bond motifs is 1. The van der Waals surface area contributed by atoms with Crippen LogP contribution in [0.1, 0.15) is 35.2 Å². The summed E-state index contributed by atoms with van der Waals surface area (Å²) in [6, 6.07) is 16.5. The summed E-state index contributed by atoms with van der Waals surface area (Å²) < 4.78 is 14.2. The lowest BCUT2D eigenvalue weighted by molar-refractivity contribution is -0.113. The summed E-state index contributed by atoms with van der Waals surface area (Å²) in [5.74, 6) is 1.32. The number of aromatic nitrogens is 3. The lowest BCUT2D eigenvalue weighted by Crippen LogP contribution is -2.31. The number of carbonyl (C=O) groups is 1. The van der Waals surface area contributed by atoms with E-state index >= 15 is 0 Å². The summed E-state index contributed by atoms with van der Waals surface area (Å²) >= 11 is 9.97. The highest BCUT2D eigenvalue weighted by atomic mass is 79.9. The zero-order valence-corrected chi connectivity index (χ0v) is 24.2. The van der Waals surface area contributed by atoms with Gasteiger partial charge in [0.2, 0.25) is 5.95 Å². The van der Waals surface area contributed by atoms with Crippen molar-refractivity contribution in [3.05, 3.63) is 104 Å². The van der Waals surface area contributed by atoms with Gasteiger partial charge in [-0.05, 0) is 77.7 Å². The average Bonchev–Trinajstić information content (AvgIpc) is 3.38. The predicted molar refractivity (Wildman–Crippen MR) is 156 cm³/mol. The van der Waals surface area contributed by atoms with E-state index in [4.69, 9.17) is 21.1 Å². The highest BCUT2D eigenvalue weighted by Crippen LogP contribution is 2.43.